The summed E-state index contributed by atoms with van der Waals surface area (Å²) in [4.78, 5) is 31.4. The second-order valence-electron chi connectivity index (χ2n) is 7.54. The molecule has 0 aliphatic carbocycles. The number of amides is 1. The molecule has 146 valence electrons. The molecule has 0 radical (unpaired) electrons. The van der Waals surface area contributed by atoms with E-state index in [1.54, 1.807) is 7.05 Å². The van der Waals surface area contributed by atoms with Gasteiger partial charge in [-0.15, -0.1) is 11.3 Å². The largest absolute Gasteiger partial charge is 0.370 e. The van der Waals surface area contributed by atoms with Gasteiger partial charge < -0.3 is 4.74 Å². The number of nitrogens with one attached hydrogen (secondary N) is 2. The fourth-order valence-corrected chi connectivity index (χ4v) is 4.43. The molecule has 0 saturated heterocycles. The van der Waals surface area contributed by atoms with Crippen molar-refractivity contribution in [2.75, 3.05) is 5.43 Å². The van der Waals surface area contributed by atoms with E-state index in [0.29, 0.717) is 29.2 Å². The minimum atomic E-state index is -0.297. The number of carbonyl (C=O) groups is 1. The molecule has 3 heterocycles. The van der Waals surface area contributed by atoms with Gasteiger partial charge in [0.05, 0.1) is 24.0 Å². The van der Waals surface area contributed by atoms with E-state index in [1.807, 2.05) is 44.2 Å². The summed E-state index contributed by atoms with van der Waals surface area (Å²) >= 11 is 1.47. The summed E-state index contributed by atoms with van der Waals surface area (Å²) < 4.78 is 7.29. The molecule has 1 aromatic carbocycles. The molecule has 4 rings (SSSR count). The smallest absolute Gasteiger partial charge is 0.263 e. The monoisotopic (exact) mass is 398 g/mol. The Labute approximate surface area is 166 Å². The van der Waals surface area contributed by atoms with Crippen LogP contribution >= 0.6 is 11.3 Å². The van der Waals surface area contributed by atoms with Crippen LogP contribution in [0, 0.1) is 0 Å². The number of hydrazine groups is 1. The molecule has 0 fully saturated rings. The molecule has 3 aromatic rings. The van der Waals surface area contributed by atoms with E-state index in [2.05, 4.69) is 15.8 Å². The molecular formula is C20H22N4O3S. The molecular weight excluding hydrogens is 376 g/mol. The Balaban J connectivity index is 1.58. The minimum absolute atomic E-state index is 0.125. The standard InChI is InChI=1S/C20H22N4O3S/c1-20(2)10-13-14(11-27-20)28-17-16(13)18(26)24(3)19(21-17)23-22-15(25)9-12-7-5-4-6-8-12/h4-8H,9-11H2,1-3H3,(H,21,23)(H,22,25). The number of anilines is 1. The molecule has 28 heavy (non-hydrogen) atoms. The fraction of sp³-hybridized carbons (Fsp3) is 0.350. The minimum Gasteiger partial charge on any atom is -0.370 e. The number of carbonyl (C=O) groups excluding carboxylic acids is 1. The highest BCUT2D eigenvalue weighted by atomic mass is 32.1. The molecule has 0 atom stereocenters. The van der Waals surface area contributed by atoms with Gasteiger partial charge in [-0.25, -0.2) is 4.98 Å². The topological polar surface area (TPSA) is 85.3 Å². The lowest BCUT2D eigenvalue weighted by Gasteiger charge is -2.29. The average molecular weight is 398 g/mol. The zero-order chi connectivity index (χ0) is 19.9. The van der Waals surface area contributed by atoms with Crippen LogP contribution in [0.25, 0.3) is 10.2 Å². The highest BCUT2D eigenvalue weighted by molar-refractivity contribution is 7.18. The summed E-state index contributed by atoms with van der Waals surface area (Å²) in [5.74, 6) is 0.0962. The van der Waals surface area contributed by atoms with Gasteiger partial charge in [0.1, 0.15) is 4.83 Å². The number of hydrogen-bond donors (Lipinski definition) is 2. The summed E-state index contributed by atoms with van der Waals surface area (Å²) in [5.41, 5.74) is 6.93. The van der Waals surface area contributed by atoms with Gasteiger partial charge in [-0.05, 0) is 25.0 Å². The van der Waals surface area contributed by atoms with E-state index in [-0.39, 0.29) is 23.5 Å². The quantitative estimate of drug-likeness (QED) is 0.660. The molecule has 1 aliphatic heterocycles. The predicted molar refractivity (Wildman–Crippen MR) is 109 cm³/mol. The fourth-order valence-electron chi connectivity index (χ4n) is 3.34. The Bertz CT molecular complexity index is 1100. The molecule has 1 amide bonds. The van der Waals surface area contributed by atoms with Crippen LogP contribution in [-0.4, -0.2) is 21.1 Å². The first-order chi connectivity index (χ1) is 13.3. The van der Waals surface area contributed by atoms with Gasteiger partial charge in [0.2, 0.25) is 11.9 Å². The lowest BCUT2D eigenvalue weighted by Crippen LogP contribution is -2.35. The molecule has 0 saturated carbocycles. The molecule has 2 aromatic heterocycles. The zero-order valence-electron chi connectivity index (χ0n) is 16.0. The maximum Gasteiger partial charge on any atom is 0.263 e. The number of fused-ring (bicyclic) bond motifs is 3. The maximum absolute atomic E-state index is 13.0. The van der Waals surface area contributed by atoms with Crippen LogP contribution in [0.3, 0.4) is 0 Å². The third-order valence-electron chi connectivity index (χ3n) is 4.83. The molecule has 0 spiro atoms. The van der Waals surface area contributed by atoms with Gasteiger partial charge in [-0.3, -0.25) is 25.0 Å². The number of nitrogens with zero attached hydrogens (tertiary/aromatic N) is 2. The van der Waals surface area contributed by atoms with Gasteiger partial charge in [0.15, 0.2) is 0 Å². The molecule has 7 nitrogen and oxygen atoms in total. The summed E-state index contributed by atoms with van der Waals surface area (Å²) in [6.07, 6.45) is 0.920. The van der Waals surface area contributed by atoms with Gasteiger partial charge in [-0.1, -0.05) is 30.3 Å². The first-order valence-electron chi connectivity index (χ1n) is 9.08. The van der Waals surface area contributed by atoms with Crippen LogP contribution in [0.4, 0.5) is 5.95 Å². The Morgan fingerprint density at radius 3 is 2.82 bits per heavy atom. The van der Waals surface area contributed by atoms with E-state index in [9.17, 15) is 9.59 Å². The van der Waals surface area contributed by atoms with E-state index in [4.69, 9.17) is 4.74 Å². The number of ether oxygens (including phenoxy) is 1. The Morgan fingerprint density at radius 1 is 1.32 bits per heavy atom. The van der Waals surface area contributed by atoms with Crippen molar-refractivity contribution < 1.29 is 9.53 Å². The van der Waals surface area contributed by atoms with Crippen molar-refractivity contribution in [3.05, 3.63) is 56.7 Å². The number of thiophene rings is 1. The third-order valence-corrected chi connectivity index (χ3v) is 5.93. The van der Waals surface area contributed by atoms with Crippen molar-refractivity contribution in [2.24, 2.45) is 7.05 Å². The average Bonchev–Trinajstić information content (AvgIpc) is 3.00. The third kappa shape index (κ3) is 3.53. The second kappa shape index (κ2) is 7.03. The maximum atomic E-state index is 13.0. The van der Waals surface area contributed by atoms with Crippen LogP contribution in [0.1, 0.15) is 29.9 Å². The first-order valence-corrected chi connectivity index (χ1v) is 9.90. The normalized spacial score (nSPS) is 15.2. The molecule has 1 aliphatic rings. The van der Waals surface area contributed by atoms with E-state index in [1.165, 1.54) is 15.9 Å². The van der Waals surface area contributed by atoms with E-state index >= 15 is 0 Å². The summed E-state index contributed by atoms with van der Waals surface area (Å²) in [5, 5.41) is 0.653. The molecule has 0 unspecified atom stereocenters. The van der Waals surface area contributed by atoms with Crippen LogP contribution in [0.15, 0.2) is 35.1 Å². The predicted octanol–water partition coefficient (Wildman–Crippen LogP) is 2.53. The number of aromatic nitrogens is 2. The van der Waals surface area contributed by atoms with Crippen molar-refractivity contribution in [3.63, 3.8) is 0 Å². The van der Waals surface area contributed by atoms with Gasteiger partial charge in [0.25, 0.3) is 5.56 Å². The Hall–Kier alpha value is -2.71. The van der Waals surface area contributed by atoms with Crippen molar-refractivity contribution in [3.8, 4) is 0 Å². The van der Waals surface area contributed by atoms with Crippen molar-refractivity contribution in [1.29, 1.82) is 0 Å². The first kappa shape index (κ1) is 18.6. The number of hydrogen-bond acceptors (Lipinski definition) is 6. The van der Waals surface area contributed by atoms with E-state index < -0.39 is 0 Å². The molecule has 2 N–H and O–H groups in total. The van der Waals surface area contributed by atoms with E-state index in [0.717, 1.165) is 16.0 Å². The van der Waals surface area contributed by atoms with Crippen LogP contribution in [-0.2, 0) is 36.0 Å². The van der Waals surface area contributed by atoms with Crippen molar-refractivity contribution in [1.82, 2.24) is 15.0 Å². The Kier molecular flexibility index (Phi) is 4.68. The molecule has 0 bridgehead atoms. The Morgan fingerprint density at radius 2 is 2.07 bits per heavy atom. The van der Waals surface area contributed by atoms with Gasteiger partial charge >= 0.3 is 0 Å². The number of benzene rings is 1. The molecule has 8 heteroatoms. The summed E-state index contributed by atoms with van der Waals surface area (Å²) in [6.45, 7) is 4.54. The number of rotatable bonds is 4. The van der Waals surface area contributed by atoms with Crippen LogP contribution in [0.2, 0.25) is 0 Å². The van der Waals surface area contributed by atoms with Crippen LogP contribution < -0.4 is 16.4 Å². The van der Waals surface area contributed by atoms with Crippen molar-refractivity contribution in [2.45, 2.75) is 38.9 Å². The second-order valence-corrected chi connectivity index (χ2v) is 8.63. The van der Waals surface area contributed by atoms with Crippen LogP contribution in [0.5, 0.6) is 0 Å². The van der Waals surface area contributed by atoms with Crippen molar-refractivity contribution >= 4 is 33.4 Å². The zero-order valence-corrected chi connectivity index (χ0v) is 16.9. The summed E-state index contributed by atoms with van der Waals surface area (Å²) in [6, 6.07) is 9.46. The highest BCUT2D eigenvalue weighted by Gasteiger charge is 2.31. The summed E-state index contributed by atoms with van der Waals surface area (Å²) in [7, 11) is 1.65. The van der Waals surface area contributed by atoms with Gasteiger partial charge in [0, 0.05) is 18.3 Å². The lowest BCUT2D eigenvalue weighted by molar-refractivity contribution is -0.119. The lowest BCUT2D eigenvalue weighted by atomic mass is 9.94. The SMILES string of the molecule is Cn1c(NNC(=O)Cc2ccccc2)nc2sc3c(c2c1=O)CC(C)(C)OC3. The highest BCUT2D eigenvalue weighted by Crippen LogP contribution is 2.37. The van der Waals surface area contributed by atoms with Gasteiger partial charge in [-0.2, -0.15) is 0 Å².